The Bertz CT molecular complexity index is 1480. The lowest BCUT2D eigenvalue weighted by Crippen LogP contribution is -2.49. The maximum atomic E-state index is 13.0. The van der Waals surface area contributed by atoms with E-state index in [1.165, 1.54) is 6.33 Å². The average Bonchev–Trinajstić information content (AvgIpc) is 3.39. The van der Waals surface area contributed by atoms with E-state index in [0.29, 0.717) is 46.0 Å². The van der Waals surface area contributed by atoms with Gasteiger partial charge in [0.2, 0.25) is 5.95 Å². The first-order valence-electron chi connectivity index (χ1n) is 13.2. The Balaban J connectivity index is 1.37. The number of carbonyl (C=O) groups excluding carboxylic acids is 1. The third-order valence-corrected chi connectivity index (χ3v) is 6.94. The lowest BCUT2D eigenvalue weighted by atomic mass is 9.93. The molecule has 1 fully saturated rings. The monoisotopic (exact) mass is 529 g/mol. The number of amides is 1. The Morgan fingerprint density at radius 1 is 1.05 bits per heavy atom. The summed E-state index contributed by atoms with van der Waals surface area (Å²) >= 11 is 0. The molecule has 3 aromatic heterocycles. The van der Waals surface area contributed by atoms with E-state index in [0.717, 1.165) is 37.4 Å². The van der Waals surface area contributed by atoms with Crippen LogP contribution in [0, 0.1) is 6.92 Å². The predicted molar refractivity (Wildman–Crippen MR) is 152 cm³/mol. The third kappa shape index (κ3) is 5.83. The van der Waals surface area contributed by atoms with Crippen molar-refractivity contribution in [3.63, 3.8) is 0 Å². The molecule has 0 bridgehead atoms. The molecule has 4 aromatic rings. The smallest absolute Gasteiger partial charge is 0.256 e. The van der Waals surface area contributed by atoms with E-state index < -0.39 is 0 Å². The largest absolute Gasteiger partial charge is 0.359 e. The van der Waals surface area contributed by atoms with Crippen LogP contribution in [0.3, 0.4) is 0 Å². The van der Waals surface area contributed by atoms with Crippen molar-refractivity contribution in [1.29, 1.82) is 0 Å². The molecule has 0 radical (unpaired) electrons. The fraction of sp³-hybridized carbons (Fsp3) is 0.429. The minimum Gasteiger partial charge on any atom is -0.359 e. The molecule has 0 atom stereocenters. The number of fused-ring (bicyclic) bond motifs is 1. The fourth-order valence-corrected chi connectivity index (χ4v) is 4.43. The van der Waals surface area contributed by atoms with Crippen LogP contribution in [0.25, 0.3) is 11.0 Å². The van der Waals surface area contributed by atoms with Crippen LogP contribution in [0.5, 0.6) is 0 Å². The van der Waals surface area contributed by atoms with Crippen molar-refractivity contribution >= 4 is 40.2 Å². The molecule has 1 amide bonds. The molecule has 5 rings (SSSR count). The quantitative estimate of drug-likeness (QED) is 0.368. The molecule has 0 unspecified atom stereocenters. The second-order valence-corrected chi connectivity index (χ2v) is 11.2. The van der Waals surface area contributed by atoms with Gasteiger partial charge in [0.15, 0.2) is 11.6 Å². The van der Waals surface area contributed by atoms with E-state index in [2.05, 4.69) is 54.4 Å². The van der Waals surface area contributed by atoms with Gasteiger partial charge in [-0.25, -0.2) is 19.9 Å². The van der Waals surface area contributed by atoms with E-state index in [1.54, 1.807) is 24.4 Å². The summed E-state index contributed by atoms with van der Waals surface area (Å²) in [5.41, 5.74) is 3.23. The Morgan fingerprint density at radius 3 is 2.51 bits per heavy atom. The molecule has 11 nitrogen and oxygen atoms in total. The second-order valence-electron chi connectivity index (χ2n) is 11.2. The minimum absolute atomic E-state index is 0.205. The number of carbonyl (C=O) groups is 1. The summed E-state index contributed by atoms with van der Waals surface area (Å²) in [7, 11) is 0. The summed E-state index contributed by atoms with van der Waals surface area (Å²) in [5, 5.41) is 10.2. The van der Waals surface area contributed by atoms with E-state index in [4.69, 9.17) is 9.51 Å². The second kappa shape index (κ2) is 10.6. The number of nitrogens with one attached hydrogen (secondary N) is 2. The van der Waals surface area contributed by atoms with Gasteiger partial charge in [-0.1, -0.05) is 32.0 Å². The van der Waals surface area contributed by atoms with Crippen molar-refractivity contribution in [3.05, 3.63) is 53.7 Å². The first-order chi connectivity index (χ1) is 18.6. The number of hydrogen-bond donors (Lipinski definition) is 2. The molecule has 0 saturated carbocycles. The molecular weight excluding hydrogens is 494 g/mol. The molecule has 0 aliphatic carbocycles. The molecule has 2 N–H and O–H groups in total. The van der Waals surface area contributed by atoms with Gasteiger partial charge in [-0.05, 0) is 38.5 Å². The zero-order valence-electron chi connectivity index (χ0n) is 23.3. The number of piperazine rings is 1. The van der Waals surface area contributed by atoms with Crippen LogP contribution >= 0.6 is 0 Å². The van der Waals surface area contributed by atoms with Gasteiger partial charge < -0.3 is 20.1 Å². The van der Waals surface area contributed by atoms with Crippen LogP contribution in [-0.2, 0) is 5.41 Å². The molecule has 1 aromatic carbocycles. The van der Waals surface area contributed by atoms with Gasteiger partial charge in [0.25, 0.3) is 5.91 Å². The number of aryl methyl sites for hydroxylation is 1. The zero-order valence-corrected chi connectivity index (χ0v) is 23.3. The van der Waals surface area contributed by atoms with E-state index in [-0.39, 0.29) is 11.3 Å². The minimum atomic E-state index is -0.287. The average molecular weight is 530 g/mol. The Kier molecular flexibility index (Phi) is 7.17. The molecule has 0 spiro atoms. The topological polar surface area (TPSA) is 125 Å². The van der Waals surface area contributed by atoms with Gasteiger partial charge in [0.1, 0.15) is 23.1 Å². The maximum Gasteiger partial charge on any atom is 0.256 e. The standard InChI is InChI=1S/C28H35N9O2/c1-17(2)36-9-11-37(12-10-36)27-29-15-21-24(34-27)25(31-16-30-21)32-20-13-19(8-7-18(20)3)26(38)33-23-14-22(39-35-23)28(4,5)6/h7-8,13-17H,9-12H2,1-6H3,(H,30,31,32)(H,33,35,38). The Labute approximate surface area is 228 Å². The van der Waals surface area contributed by atoms with Crippen molar-refractivity contribution in [3.8, 4) is 0 Å². The van der Waals surface area contributed by atoms with E-state index >= 15 is 0 Å². The molecule has 11 heteroatoms. The van der Waals surface area contributed by atoms with E-state index in [1.807, 2.05) is 33.8 Å². The summed E-state index contributed by atoms with van der Waals surface area (Å²) in [5.74, 6) is 2.00. The van der Waals surface area contributed by atoms with Gasteiger partial charge in [0.05, 0.1) is 6.20 Å². The van der Waals surface area contributed by atoms with Crippen LogP contribution in [0.2, 0.25) is 0 Å². The highest BCUT2D eigenvalue weighted by Gasteiger charge is 2.22. The summed E-state index contributed by atoms with van der Waals surface area (Å²) < 4.78 is 5.39. The number of aromatic nitrogens is 5. The predicted octanol–water partition coefficient (Wildman–Crippen LogP) is 4.54. The first kappa shape index (κ1) is 26.5. The van der Waals surface area contributed by atoms with Crippen molar-refractivity contribution < 1.29 is 9.32 Å². The highest BCUT2D eigenvalue weighted by Crippen LogP contribution is 2.27. The lowest BCUT2D eigenvalue weighted by molar-refractivity contribution is 0.102. The highest BCUT2D eigenvalue weighted by molar-refractivity contribution is 6.04. The summed E-state index contributed by atoms with van der Waals surface area (Å²) in [6.07, 6.45) is 3.22. The summed E-state index contributed by atoms with van der Waals surface area (Å²) in [4.78, 5) is 35.9. The molecule has 4 heterocycles. The van der Waals surface area contributed by atoms with Gasteiger partial charge in [-0.15, -0.1) is 0 Å². The van der Waals surface area contributed by atoms with Crippen LogP contribution in [0.4, 0.5) is 23.3 Å². The molecule has 1 aliphatic rings. The SMILES string of the molecule is Cc1ccc(C(=O)Nc2cc(C(C)(C)C)on2)cc1Nc1ncnc2cnc(N3CCN(C(C)C)CC3)nc12. The van der Waals surface area contributed by atoms with Crippen molar-refractivity contribution in [2.45, 2.75) is 53.0 Å². The summed E-state index contributed by atoms with van der Waals surface area (Å²) in [6, 6.07) is 7.72. The van der Waals surface area contributed by atoms with Crippen molar-refractivity contribution in [2.24, 2.45) is 0 Å². The Morgan fingerprint density at radius 2 is 1.82 bits per heavy atom. The van der Waals surface area contributed by atoms with Crippen LogP contribution in [0.1, 0.15) is 56.3 Å². The van der Waals surface area contributed by atoms with Crippen LogP contribution in [0.15, 0.2) is 41.3 Å². The Hall–Kier alpha value is -4.12. The number of benzene rings is 1. The molecule has 1 saturated heterocycles. The molecular formula is C28H35N9O2. The van der Waals surface area contributed by atoms with E-state index in [9.17, 15) is 4.79 Å². The number of anilines is 4. The summed E-state index contributed by atoms with van der Waals surface area (Å²) in [6.45, 7) is 16.1. The van der Waals surface area contributed by atoms with Gasteiger partial charge >= 0.3 is 0 Å². The van der Waals surface area contributed by atoms with Crippen LogP contribution in [-0.4, -0.2) is 68.1 Å². The lowest BCUT2D eigenvalue weighted by Gasteiger charge is -2.36. The molecule has 1 aliphatic heterocycles. The maximum absolute atomic E-state index is 13.0. The third-order valence-electron chi connectivity index (χ3n) is 6.94. The molecule has 39 heavy (non-hydrogen) atoms. The first-order valence-corrected chi connectivity index (χ1v) is 13.2. The van der Waals surface area contributed by atoms with Gasteiger partial charge in [-0.3, -0.25) is 9.69 Å². The number of hydrogen-bond acceptors (Lipinski definition) is 10. The number of nitrogens with zero attached hydrogens (tertiary/aromatic N) is 7. The van der Waals surface area contributed by atoms with Crippen molar-refractivity contribution in [1.82, 2.24) is 30.0 Å². The normalized spacial score (nSPS) is 14.7. The van der Waals surface area contributed by atoms with Gasteiger partial charge in [0, 0.05) is 55.0 Å². The zero-order chi connectivity index (χ0) is 27.7. The van der Waals surface area contributed by atoms with Gasteiger partial charge in [-0.2, -0.15) is 0 Å². The van der Waals surface area contributed by atoms with Crippen molar-refractivity contribution in [2.75, 3.05) is 41.7 Å². The highest BCUT2D eigenvalue weighted by atomic mass is 16.5. The molecule has 204 valence electrons. The van der Waals surface area contributed by atoms with Crippen LogP contribution < -0.4 is 15.5 Å². The number of rotatable bonds is 6. The fourth-order valence-electron chi connectivity index (χ4n) is 4.43.